The van der Waals surface area contributed by atoms with Gasteiger partial charge in [0.25, 0.3) is 0 Å². The van der Waals surface area contributed by atoms with Crippen LogP contribution in [0.5, 0.6) is 0 Å². The minimum absolute atomic E-state index is 0.172. The summed E-state index contributed by atoms with van der Waals surface area (Å²) >= 11 is 0. The average molecular weight is 253 g/mol. The molecule has 0 aromatic heterocycles. The number of ether oxygens (including phenoxy) is 1. The Morgan fingerprint density at radius 1 is 1.00 bits per heavy atom. The molecule has 0 aliphatic heterocycles. The van der Waals surface area contributed by atoms with Crippen LogP contribution in [-0.2, 0) is 4.74 Å². The number of rotatable bonds is 6. The van der Waals surface area contributed by atoms with Crippen LogP contribution in [0.25, 0.3) is 0 Å². The molecule has 2 heteroatoms. The third-order valence-corrected chi connectivity index (χ3v) is 4.81. The van der Waals surface area contributed by atoms with Crippen LogP contribution in [0, 0.1) is 5.92 Å². The van der Waals surface area contributed by atoms with E-state index in [2.05, 4.69) is 12.2 Å². The highest BCUT2D eigenvalue weighted by Crippen LogP contribution is 2.33. The molecule has 18 heavy (non-hydrogen) atoms. The van der Waals surface area contributed by atoms with E-state index in [9.17, 15) is 0 Å². The molecule has 0 radical (unpaired) electrons. The van der Waals surface area contributed by atoms with E-state index in [4.69, 9.17) is 4.74 Å². The molecule has 0 spiro atoms. The van der Waals surface area contributed by atoms with E-state index < -0.39 is 0 Å². The van der Waals surface area contributed by atoms with Crippen molar-refractivity contribution in [3.05, 3.63) is 0 Å². The van der Waals surface area contributed by atoms with Crippen molar-refractivity contribution in [1.82, 2.24) is 5.32 Å². The first-order valence-corrected chi connectivity index (χ1v) is 8.19. The quantitative estimate of drug-likeness (QED) is 0.775. The van der Waals surface area contributed by atoms with Gasteiger partial charge in [-0.25, -0.2) is 0 Å². The SMILES string of the molecule is CCNCC1(OCC2CCCCC2)CCCCC1. The summed E-state index contributed by atoms with van der Waals surface area (Å²) in [5.41, 5.74) is 0.172. The summed E-state index contributed by atoms with van der Waals surface area (Å²) in [4.78, 5) is 0. The van der Waals surface area contributed by atoms with Crippen LogP contribution in [0.15, 0.2) is 0 Å². The van der Waals surface area contributed by atoms with Crippen molar-refractivity contribution in [2.75, 3.05) is 19.7 Å². The lowest BCUT2D eigenvalue weighted by Crippen LogP contribution is -2.45. The fraction of sp³-hybridized carbons (Fsp3) is 1.00. The van der Waals surface area contributed by atoms with Gasteiger partial charge in [0.2, 0.25) is 0 Å². The highest BCUT2D eigenvalue weighted by Gasteiger charge is 2.33. The molecular formula is C16H31NO. The molecule has 2 saturated carbocycles. The van der Waals surface area contributed by atoms with E-state index in [1.807, 2.05) is 0 Å². The molecule has 2 fully saturated rings. The molecule has 0 amide bonds. The Hall–Kier alpha value is -0.0800. The molecule has 2 aliphatic rings. The first kappa shape index (κ1) is 14.3. The van der Waals surface area contributed by atoms with Crippen molar-refractivity contribution >= 4 is 0 Å². The topological polar surface area (TPSA) is 21.3 Å². The molecule has 0 bridgehead atoms. The van der Waals surface area contributed by atoms with E-state index in [0.717, 1.165) is 25.6 Å². The Balaban J connectivity index is 1.79. The largest absolute Gasteiger partial charge is 0.373 e. The zero-order valence-electron chi connectivity index (χ0n) is 12.2. The van der Waals surface area contributed by atoms with Gasteiger partial charge >= 0.3 is 0 Å². The summed E-state index contributed by atoms with van der Waals surface area (Å²) < 4.78 is 6.45. The van der Waals surface area contributed by atoms with Crippen LogP contribution >= 0.6 is 0 Å². The maximum atomic E-state index is 6.45. The van der Waals surface area contributed by atoms with Crippen molar-refractivity contribution in [3.8, 4) is 0 Å². The molecule has 2 nitrogen and oxygen atoms in total. The Morgan fingerprint density at radius 2 is 1.67 bits per heavy atom. The summed E-state index contributed by atoms with van der Waals surface area (Å²) in [5, 5.41) is 3.52. The van der Waals surface area contributed by atoms with Gasteiger partial charge in [-0.2, -0.15) is 0 Å². The Bertz CT molecular complexity index is 217. The summed E-state index contributed by atoms with van der Waals surface area (Å²) in [6.45, 7) is 5.34. The molecule has 0 unspecified atom stereocenters. The van der Waals surface area contributed by atoms with E-state index in [0.29, 0.717) is 0 Å². The second kappa shape index (κ2) is 7.49. The Kier molecular flexibility index (Phi) is 5.97. The maximum Gasteiger partial charge on any atom is 0.0806 e. The van der Waals surface area contributed by atoms with Crippen molar-refractivity contribution in [1.29, 1.82) is 0 Å². The van der Waals surface area contributed by atoms with E-state index in [1.54, 1.807) is 0 Å². The van der Waals surface area contributed by atoms with Gasteiger partial charge in [-0.3, -0.25) is 0 Å². The number of nitrogens with one attached hydrogen (secondary N) is 1. The third-order valence-electron chi connectivity index (χ3n) is 4.81. The standard InChI is InChI=1S/C16H31NO/c1-2-17-14-16(11-7-4-8-12-16)18-13-15-9-5-3-6-10-15/h15,17H,2-14H2,1H3. The van der Waals surface area contributed by atoms with Gasteiger partial charge in [0.1, 0.15) is 0 Å². The molecule has 1 N–H and O–H groups in total. The Labute approximate surface area is 113 Å². The van der Waals surface area contributed by atoms with Crippen LogP contribution in [0.4, 0.5) is 0 Å². The summed E-state index contributed by atoms with van der Waals surface area (Å²) in [5.74, 6) is 0.846. The molecule has 0 aromatic carbocycles. The predicted molar refractivity (Wildman–Crippen MR) is 76.9 cm³/mol. The fourth-order valence-corrected chi connectivity index (χ4v) is 3.57. The van der Waals surface area contributed by atoms with Gasteiger partial charge in [-0.15, -0.1) is 0 Å². The highest BCUT2D eigenvalue weighted by atomic mass is 16.5. The minimum atomic E-state index is 0.172. The van der Waals surface area contributed by atoms with E-state index in [1.165, 1.54) is 64.2 Å². The zero-order valence-corrected chi connectivity index (χ0v) is 12.2. The van der Waals surface area contributed by atoms with Crippen LogP contribution < -0.4 is 5.32 Å². The average Bonchev–Trinajstić information content (AvgIpc) is 2.45. The maximum absolute atomic E-state index is 6.45. The smallest absolute Gasteiger partial charge is 0.0806 e. The first-order valence-electron chi connectivity index (χ1n) is 8.19. The van der Waals surface area contributed by atoms with Gasteiger partial charge in [0.05, 0.1) is 12.2 Å². The molecule has 2 aliphatic carbocycles. The second-order valence-electron chi connectivity index (χ2n) is 6.34. The molecule has 0 atom stereocenters. The monoisotopic (exact) mass is 253 g/mol. The predicted octanol–water partition coefficient (Wildman–Crippen LogP) is 3.90. The molecule has 0 aromatic rings. The summed E-state index contributed by atoms with van der Waals surface area (Å²) in [6, 6.07) is 0. The van der Waals surface area contributed by atoms with Crippen molar-refractivity contribution in [3.63, 3.8) is 0 Å². The van der Waals surface area contributed by atoms with Crippen LogP contribution in [0.3, 0.4) is 0 Å². The van der Waals surface area contributed by atoms with Gasteiger partial charge in [0.15, 0.2) is 0 Å². The van der Waals surface area contributed by atoms with Gasteiger partial charge in [0, 0.05) is 6.54 Å². The fourth-order valence-electron chi connectivity index (χ4n) is 3.57. The van der Waals surface area contributed by atoms with Crippen LogP contribution in [-0.4, -0.2) is 25.3 Å². The molecule has 0 saturated heterocycles. The zero-order chi connectivity index (χ0) is 12.7. The lowest BCUT2D eigenvalue weighted by Gasteiger charge is -2.39. The summed E-state index contributed by atoms with van der Waals surface area (Å²) in [6.07, 6.45) is 13.8. The van der Waals surface area contributed by atoms with Gasteiger partial charge in [-0.1, -0.05) is 45.4 Å². The first-order chi connectivity index (χ1) is 8.85. The lowest BCUT2D eigenvalue weighted by molar-refractivity contribution is -0.0847. The third kappa shape index (κ3) is 4.24. The molecule has 0 heterocycles. The summed E-state index contributed by atoms with van der Waals surface area (Å²) in [7, 11) is 0. The van der Waals surface area contributed by atoms with Crippen molar-refractivity contribution in [2.24, 2.45) is 5.92 Å². The van der Waals surface area contributed by atoms with Crippen molar-refractivity contribution < 1.29 is 4.74 Å². The highest BCUT2D eigenvalue weighted by molar-refractivity contribution is 4.87. The number of hydrogen-bond donors (Lipinski definition) is 1. The minimum Gasteiger partial charge on any atom is -0.373 e. The Morgan fingerprint density at radius 3 is 2.33 bits per heavy atom. The van der Waals surface area contributed by atoms with E-state index >= 15 is 0 Å². The number of likely N-dealkylation sites (N-methyl/N-ethyl adjacent to an activating group) is 1. The van der Waals surface area contributed by atoms with Crippen LogP contribution in [0.1, 0.15) is 71.1 Å². The van der Waals surface area contributed by atoms with E-state index in [-0.39, 0.29) is 5.60 Å². The molecular weight excluding hydrogens is 222 g/mol. The molecule has 2 rings (SSSR count). The van der Waals surface area contributed by atoms with Crippen molar-refractivity contribution in [2.45, 2.75) is 76.7 Å². The normalized spacial score (nSPS) is 25.2. The second-order valence-corrected chi connectivity index (χ2v) is 6.34. The van der Waals surface area contributed by atoms with Crippen LogP contribution in [0.2, 0.25) is 0 Å². The van der Waals surface area contributed by atoms with Gasteiger partial charge < -0.3 is 10.1 Å². The molecule has 106 valence electrons. The van der Waals surface area contributed by atoms with Gasteiger partial charge in [-0.05, 0) is 38.1 Å². The number of hydrogen-bond acceptors (Lipinski definition) is 2. The lowest BCUT2D eigenvalue weighted by atomic mass is 9.84.